The number of hydrogen-bond donors (Lipinski definition) is 1. The molecule has 1 aliphatic carbocycles. The Kier molecular flexibility index (Phi) is 4.67. The van der Waals surface area contributed by atoms with Crippen LogP contribution in [0.2, 0.25) is 0 Å². The van der Waals surface area contributed by atoms with Crippen LogP contribution in [0, 0.1) is 6.92 Å². The molecule has 1 fully saturated rings. The second kappa shape index (κ2) is 6.67. The fourth-order valence-corrected chi connectivity index (χ4v) is 3.59. The van der Waals surface area contributed by atoms with E-state index in [4.69, 9.17) is 5.73 Å². The fourth-order valence-electron chi connectivity index (χ4n) is 2.70. The Bertz CT molecular complexity index is 587. The SMILES string of the molecule is Cc1ccc(SCC(N)c2cccc(C3CCC3)c2)cc1. The van der Waals surface area contributed by atoms with Crippen molar-refractivity contribution in [3.8, 4) is 0 Å². The lowest BCUT2D eigenvalue weighted by Gasteiger charge is -2.26. The lowest BCUT2D eigenvalue weighted by molar-refractivity contribution is 0.419. The lowest BCUT2D eigenvalue weighted by atomic mass is 9.79. The van der Waals surface area contributed by atoms with Gasteiger partial charge < -0.3 is 5.73 Å². The molecule has 2 aromatic carbocycles. The van der Waals surface area contributed by atoms with Crippen molar-refractivity contribution >= 4 is 11.8 Å². The topological polar surface area (TPSA) is 26.0 Å². The number of rotatable bonds is 5. The monoisotopic (exact) mass is 297 g/mol. The Balaban J connectivity index is 1.62. The van der Waals surface area contributed by atoms with Gasteiger partial charge in [0.1, 0.15) is 0 Å². The van der Waals surface area contributed by atoms with Crippen LogP contribution >= 0.6 is 11.8 Å². The number of thioether (sulfide) groups is 1. The molecule has 21 heavy (non-hydrogen) atoms. The molecule has 110 valence electrons. The zero-order valence-corrected chi connectivity index (χ0v) is 13.4. The molecular formula is C19H23NS. The molecule has 1 unspecified atom stereocenters. The molecule has 0 aliphatic heterocycles. The molecule has 0 amide bonds. The molecule has 0 heterocycles. The highest BCUT2D eigenvalue weighted by Gasteiger charge is 2.20. The Labute approximate surface area is 132 Å². The minimum absolute atomic E-state index is 0.108. The summed E-state index contributed by atoms with van der Waals surface area (Å²) in [7, 11) is 0. The van der Waals surface area contributed by atoms with Gasteiger partial charge in [-0.05, 0) is 48.9 Å². The van der Waals surface area contributed by atoms with E-state index < -0.39 is 0 Å². The highest BCUT2D eigenvalue weighted by molar-refractivity contribution is 7.99. The predicted molar refractivity (Wildman–Crippen MR) is 91.9 cm³/mol. The molecule has 2 N–H and O–H groups in total. The Hall–Kier alpha value is -1.25. The molecule has 0 spiro atoms. The van der Waals surface area contributed by atoms with Crippen LogP contribution in [-0.2, 0) is 0 Å². The molecular weight excluding hydrogens is 274 g/mol. The highest BCUT2D eigenvalue weighted by Crippen LogP contribution is 2.37. The summed E-state index contributed by atoms with van der Waals surface area (Å²) >= 11 is 1.84. The van der Waals surface area contributed by atoms with E-state index in [0.29, 0.717) is 0 Å². The van der Waals surface area contributed by atoms with E-state index in [1.165, 1.54) is 40.8 Å². The van der Waals surface area contributed by atoms with Crippen LogP contribution in [0.15, 0.2) is 53.4 Å². The van der Waals surface area contributed by atoms with Crippen molar-refractivity contribution in [2.24, 2.45) is 5.73 Å². The maximum Gasteiger partial charge on any atom is 0.0390 e. The van der Waals surface area contributed by atoms with Gasteiger partial charge in [0.05, 0.1) is 0 Å². The van der Waals surface area contributed by atoms with Crippen molar-refractivity contribution in [1.29, 1.82) is 0 Å². The number of aryl methyl sites for hydroxylation is 1. The molecule has 2 aromatic rings. The van der Waals surface area contributed by atoms with Crippen LogP contribution in [0.3, 0.4) is 0 Å². The average Bonchev–Trinajstić information content (AvgIpc) is 2.45. The molecule has 0 saturated heterocycles. The Morgan fingerprint density at radius 2 is 1.90 bits per heavy atom. The van der Waals surface area contributed by atoms with Crippen molar-refractivity contribution in [3.63, 3.8) is 0 Å². The van der Waals surface area contributed by atoms with Gasteiger partial charge in [-0.25, -0.2) is 0 Å². The first-order valence-corrected chi connectivity index (χ1v) is 8.76. The lowest BCUT2D eigenvalue weighted by Crippen LogP contribution is -2.14. The summed E-state index contributed by atoms with van der Waals surface area (Å²) in [5.74, 6) is 1.71. The zero-order valence-electron chi connectivity index (χ0n) is 12.6. The number of benzene rings is 2. The van der Waals surface area contributed by atoms with E-state index in [-0.39, 0.29) is 6.04 Å². The largest absolute Gasteiger partial charge is 0.323 e. The van der Waals surface area contributed by atoms with Crippen LogP contribution in [0.4, 0.5) is 0 Å². The quantitative estimate of drug-likeness (QED) is 0.781. The second-order valence-electron chi connectivity index (χ2n) is 6.03. The van der Waals surface area contributed by atoms with Crippen molar-refractivity contribution in [1.82, 2.24) is 0 Å². The van der Waals surface area contributed by atoms with Gasteiger partial charge in [-0.15, -0.1) is 11.8 Å². The van der Waals surface area contributed by atoms with Gasteiger partial charge in [-0.3, -0.25) is 0 Å². The minimum Gasteiger partial charge on any atom is -0.323 e. The molecule has 1 saturated carbocycles. The summed E-state index contributed by atoms with van der Waals surface area (Å²) in [6, 6.07) is 17.7. The summed E-state index contributed by atoms with van der Waals surface area (Å²) in [5, 5.41) is 0. The molecule has 0 radical (unpaired) electrons. The van der Waals surface area contributed by atoms with Crippen LogP contribution < -0.4 is 5.73 Å². The molecule has 0 aromatic heterocycles. The van der Waals surface area contributed by atoms with Gasteiger partial charge in [0.2, 0.25) is 0 Å². The summed E-state index contributed by atoms with van der Waals surface area (Å²) in [5.41, 5.74) is 10.4. The van der Waals surface area contributed by atoms with Crippen LogP contribution in [0.25, 0.3) is 0 Å². The number of nitrogens with two attached hydrogens (primary N) is 1. The average molecular weight is 297 g/mol. The van der Waals surface area contributed by atoms with Crippen LogP contribution in [-0.4, -0.2) is 5.75 Å². The Morgan fingerprint density at radius 3 is 2.57 bits per heavy atom. The smallest absolute Gasteiger partial charge is 0.0390 e. The van der Waals surface area contributed by atoms with Gasteiger partial charge in [0.25, 0.3) is 0 Å². The summed E-state index contributed by atoms with van der Waals surface area (Å²) < 4.78 is 0. The Morgan fingerprint density at radius 1 is 1.14 bits per heavy atom. The van der Waals surface area contributed by atoms with Gasteiger partial charge in [0.15, 0.2) is 0 Å². The summed E-state index contributed by atoms with van der Waals surface area (Å²) in [4.78, 5) is 1.30. The predicted octanol–water partition coefficient (Wildman–Crippen LogP) is 5.05. The third kappa shape index (κ3) is 3.69. The molecule has 2 heteroatoms. The van der Waals surface area contributed by atoms with Crippen LogP contribution in [0.5, 0.6) is 0 Å². The van der Waals surface area contributed by atoms with E-state index in [2.05, 4.69) is 55.5 Å². The van der Waals surface area contributed by atoms with Gasteiger partial charge in [-0.1, -0.05) is 48.4 Å². The summed E-state index contributed by atoms with van der Waals surface area (Å²) in [6.45, 7) is 2.12. The third-order valence-electron chi connectivity index (χ3n) is 4.37. The normalized spacial score (nSPS) is 16.5. The van der Waals surface area contributed by atoms with Gasteiger partial charge in [-0.2, -0.15) is 0 Å². The van der Waals surface area contributed by atoms with E-state index in [1.54, 1.807) is 0 Å². The van der Waals surface area contributed by atoms with E-state index in [0.717, 1.165) is 11.7 Å². The fraction of sp³-hybridized carbons (Fsp3) is 0.368. The maximum atomic E-state index is 6.38. The van der Waals surface area contributed by atoms with Crippen molar-refractivity contribution < 1.29 is 0 Å². The first kappa shape index (κ1) is 14.7. The minimum atomic E-state index is 0.108. The standard InChI is InChI=1S/C19H23NS/c1-14-8-10-18(11-9-14)21-13-19(20)17-7-3-6-16(12-17)15-4-2-5-15/h3,6-12,15,19H,2,4-5,13,20H2,1H3. The molecule has 1 nitrogen and oxygen atoms in total. The van der Waals surface area contributed by atoms with Gasteiger partial charge in [0, 0.05) is 16.7 Å². The van der Waals surface area contributed by atoms with E-state index in [1.807, 2.05) is 11.8 Å². The van der Waals surface area contributed by atoms with E-state index in [9.17, 15) is 0 Å². The molecule has 0 bridgehead atoms. The van der Waals surface area contributed by atoms with E-state index >= 15 is 0 Å². The number of hydrogen-bond acceptors (Lipinski definition) is 2. The molecule has 1 aliphatic rings. The summed E-state index contributed by atoms with van der Waals surface area (Å²) in [6.07, 6.45) is 4.07. The molecule has 3 rings (SSSR count). The van der Waals surface area contributed by atoms with Crippen molar-refractivity contribution in [3.05, 3.63) is 65.2 Å². The van der Waals surface area contributed by atoms with Crippen LogP contribution in [0.1, 0.15) is 47.9 Å². The first-order valence-electron chi connectivity index (χ1n) is 7.77. The highest BCUT2D eigenvalue weighted by atomic mass is 32.2. The second-order valence-corrected chi connectivity index (χ2v) is 7.12. The zero-order chi connectivity index (χ0) is 14.7. The van der Waals surface area contributed by atoms with Gasteiger partial charge >= 0.3 is 0 Å². The van der Waals surface area contributed by atoms with Crippen molar-refractivity contribution in [2.45, 2.75) is 43.0 Å². The maximum absolute atomic E-state index is 6.38. The first-order chi connectivity index (χ1) is 10.2. The molecule has 1 atom stereocenters. The van der Waals surface area contributed by atoms with Crippen molar-refractivity contribution in [2.75, 3.05) is 5.75 Å². The third-order valence-corrected chi connectivity index (χ3v) is 5.50.